The maximum atomic E-state index is 13.4. The zero-order valence-corrected chi connectivity index (χ0v) is 8.78. The zero-order valence-electron chi connectivity index (χ0n) is 7.97. The van der Waals surface area contributed by atoms with E-state index in [1.807, 2.05) is 0 Å². The Balaban J connectivity index is 2.50. The molecule has 0 bridgehead atoms. The van der Waals surface area contributed by atoms with Gasteiger partial charge in [0.25, 0.3) is 0 Å². The zero-order chi connectivity index (χ0) is 10.6. The molecule has 0 amide bonds. The standard InChI is InChI=1S/C10H13F2NS/c1-10(12,6-13)7-14-9-4-2-8(11)3-5-9/h2-5H,6-7,13H2,1H3. The van der Waals surface area contributed by atoms with Crippen molar-refractivity contribution in [2.75, 3.05) is 12.3 Å². The summed E-state index contributed by atoms with van der Waals surface area (Å²) in [4.78, 5) is 0.851. The van der Waals surface area contributed by atoms with E-state index in [1.165, 1.54) is 30.8 Å². The molecule has 1 atom stereocenters. The first-order valence-electron chi connectivity index (χ1n) is 4.31. The minimum atomic E-state index is -1.36. The van der Waals surface area contributed by atoms with Crippen LogP contribution in [0.15, 0.2) is 29.2 Å². The van der Waals surface area contributed by atoms with Crippen LogP contribution in [0.4, 0.5) is 8.78 Å². The van der Waals surface area contributed by atoms with Crippen molar-refractivity contribution in [1.82, 2.24) is 0 Å². The van der Waals surface area contributed by atoms with Gasteiger partial charge in [0.1, 0.15) is 11.5 Å². The van der Waals surface area contributed by atoms with Crippen LogP contribution in [-0.4, -0.2) is 18.0 Å². The lowest BCUT2D eigenvalue weighted by Crippen LogP contribution is -2.31. The Morgan fingerprint density at radius 1 is 1.36 bits per heavy atom. The third-order valence-electron chi connectivity index (χ3n) is 1.78. The van der Waals surface area contributed by atoms with E-state index in [1.54, 1.807) is 12.1 Å². The number of hydrogen-bond acceptors (Lipinski definition) is 2. The van der Waals surface area contributed by atoms with E-state index < -0.39 is 5.67 Å². The molecule has 1 aromatic carbocycles. The van der Waals surface area contributed by atoms with E-state index in [2.05, 4.69) is 0 Å². The number of benzene rings is 1. The number of hydrogen-bond donors (Lipinski definition) is 1. The van der Waals surface area contributed by atoms with Crippen molar-refractivity contribution in [1.29, 1.82) is 0 Å². The van der Waals surface area contributed by atoms with Gasteiger partial charge in [-0.05, 0) is 31.2 Å². The fraction of sp³-hybridized carbons (Fsp3) is 0.400. The van der Waals surface area contributed by atoms with Crippen molar-refractivity contribution >= 4 is 11.8 Å². The highest BCUT2D eigenvalue weighted by molar-refractivity contribution is 7.99. The van der Waals surface area contributed by atoms with Crippen molar-refractivity contribution in [2.24, 2.45) is 5.73 Å². The number of halogens is 2. The fourth-order valence-electron chi connectivity index (χ4n) is 0.824. The summed E-state index contributed by atoms with van der Waals surface area (Å²) in [6.07, 6.45) is 0. The number of rotatable bonds is 4. The number of alkyl halides is 1. The van der Waals surface area contributed by atoms with Crippen molar-refractivity contribution in [2.45, 2.75) is 17.5 Å². The van der Waals surface area contributed by atoms with Crippen molar-refractivity contribution in [3.05, 3.63) is 30.1 Å². The molecule has 4 heteroatoms. The molecule has 1 rings (SSSR count). The van der Waals surface area contributed by atoms with Gasteiger partial charge in [0, 0.05) is 17.2 Å². The normalized spacial score (nSPS) is 15.1. The summed E-state index contributed by atoms with van der Waals surface area (Å²) >= 11 is 1.34. The van der Waals surface area contributed by atoms with E-state index in [4.69, 9.17) is 5.73 Å². The second kappa shape index (κ2) is 4.75. The van der Waals surface area contributed by atoms with Gasteiger partial charge in [0.05, 0.1) is 0 Å². The van der Waals surface area contributed by atoms with Crippen LogP contribution in [0.3, 0.4) is 0 Å². The lowest BCUT2D eigenvalue weighted by Gasteiger charge is -2.16. The Kier molecular flexibility index (Phi) is 3.89. The first kappa shape index (κ1) is 11.5. The molecule has 2 N–H and O–H groups in total. The molecule has 1 unspecified atom stereocenters. The fourth-order valence-corrected chi connectivity index (χ4v) is 1.74. The molecule has 1 aromatic rings. The molecule has 0 aliphatic carbocycles. The van der Waals surface area contributed by atoms with Crippen molar-refractivity contribution < 1.29 is 8.78 Å². The summed E-state index contributed by atoms with van der Waals surface area (Å²) in [6.45, 7) is 1.46. The third kappa shape index (κ3) is 3.64. The summed E-state index contributed by atoms with van der Waals surface area (Å²) in [5.74, 6) is 0.00553. The molecule has 0 fully saturated rings. The summed E-state index contributed by atoms with van der Waals surface area (Å²) in [7, 11) is 0. The number of nitrogens with two attached hydrogens (primary N) is 1. The first-order chi connectivity index (χ1) is 6.53. The van der Waals surface area contributed by atoms with Crippen LogP contribution >= 0.6 is 11.8 Å². The minimum absolute atomic E-state index is 0.00119. The summed E-state index contributed by atoms with van der Waals surface area (Å²) < 4.78 is 25.9. The molecule has 14 heavy (non-hydrogen) atoms. The quantitative estimate of drug-likeness (QED) is 0.784. The van der Waals surface area contributed by atoms with Crippen LogP contribution in [0, 0.1) is 5.82 Å². The molecule has 0 aromatic heterocycles. The molecule has 0 aliphatic heterocycles. The molecule has 0 saturated heterocycles. The van der Waals surface area contributed by atoms with Crippen LogP contribution in [0.25, 0.3) is 0 Å². The Labute approximate surface area is 86.7 Å². The smallest absolute Gasteiger partial charge is 0.129 e. The van der Waals surface area contributed by atoms with Gasteiger partial charge in [0.2, 0.25) is 0 Å². The Morgan fingerprint density at radius 2 is 1.93 bits per heavy atom. The van der Waals surface area contributed by atoms with Gasteiger partial charge in [-0.3, -0.25) is 0 Å². The SMILES string of the molecule is CC(F)(CN)CSc1ccc(F)cc1. The average Bonchev–Trinajstić information content (AvgIpc) is 2.17. The van der Waals surface area contributed by atoms with Gasteiger partial charge in [-0.2, -0.15) is 0 Å². The Bertz CT molecular complexity index is 285. The molecule has 0 radical (unpaired) electrons. The molecule has 1 nitrogen and oxygen atoms in total. The largest absolute Gasteiger partial charge is 0.328 e. The highest BCUT2D eigenvalue weighted by Crippen LogP contribution is 2.24. The number of thioether (sulfide) groups is 1. The maximum absolute atomic E-state index is 13.4. The van der Waals surface area contributed by atoms with E-state index in [-0.39, 0.29) is 18.1 Å². The highest BCUT2D eigenvalue weighted by atomic mass is 32.2. The second-order valence-electron chi connectivity index (χ2n) is 3.36. The topological polar surface area (TPSA) is 26.0 Å². The highest BCUT2D eigenvalue weighted by Gasteiger charge is 2.20. The van der Waals surface area contributed by atoms with Crippen LogP contribution in [0.1, 0.15) is 6.92 Å². The summed E-state index contributed by atoms with van der Waals surface area (Å²) in [5.41, 5.74) is 3.88. The lowest BCUT2D eigenvalue weighted by molar-refractivity contribution is 0.234. The molecule has 0 aliphatic rings. The lowest BCUT2D eigenvalue weighted by atomic mass is 10.2. The summed E-state index contributed by atoms with van der Waals surface area (Å²) in [5, 5.41) is 0. The monoisotopic (exact) mass is 217 g/mol. The Morgan fingerprint density at radius 3 is 2.43 bits per heavy atom. The third-order valence-corrected chi connectivity index (χ3v) is 3.13. The van der Waals surface area contributed by atoms with Gasteiger partial charge < -0.3 is 5.73 Å². The average molecular weight is 217 g/mol. The second-order valence-corrected chi connectivity index (χ2v) is 4.41. The van der Waals surface area contributed by atoms with E-state index in [0.717, 1.165) is 4.90 Å². The van der Waals surface area contributed by atoms with Crippen LogP contribution < -0.4 is 5.73 Å². The van der Waals surface area contributed by atoms with E-state index in [0.29, 0.717) is 0 Å². The Hall–Kier alpha value is -0.610. The predicted octanol–water partition coefficient (Wildman–Crippen LogP) is 2.60. The van der Waals surface area contributed by atoms with Crippen LogP contribution in [0.2, 0.25) is 0 Å². The molecular formula is C10H13F2NS. The van der Waals surface area contributed by atoms with E-state index in [9.17, 15) is 8.78 Å². The van der Waals surface area contributed by atoms with Crippen LogP contribution in [-0.2, 0) is 0 Å². The molecule has 0 heterocycles. The minimum Gasteiger partial charge on any atom is -0.328 e. The molecule has 0 spiro atoms. The molecule has 0 saturated carbocycles. The van der Waals surface area contributed by atoms with Gasteiger partial charge in [-0.15, -0.1) is 11.8 Å². The van der Waals surface area contributed by atoms with Crippen molar-refractivity contribution in [3.63, 3.8) is 0 Å². The maximum Gasteiger partial charge on any atom is 0.129 e. The van der Waals surface area contributed by atoms with Crippen molar-refractivity contribution in [3.8, 4) is 0 Å². The molecular weight excluding hydrogens is 204 g/mol. The van der Waals surface area contributed by atoms with Gasteiger partial charge >= 0.3 is 0 Å². The summed E-state index contributed by atoms with van der Waals surface area (Å²) in [6, 6.07) is 5.99. The van der Waals surface area contributed by atoms with Gasteiger partial charge in [0.15, 0.2) is 0 Å². The van der Waals surface area contributed by atoms with E-state index >= 15 is 0 Å². The predicted molar refractivity (Wildman–Crippen MR) is 55.7 cm³/mol. The van der Waals surface area contributed by atoms with Gasteiger partial charge in [-0.1, -0.05) is 0 Å². The molecule has 78 valence electrons. The van der Waals surface area contributed by atoms with Gasteiger partial charge in [-0.25, -0.2) is 8.78 Å². The van der Waals surface area contributed by atoms with Crippen LogP contribution in [0.5, 0.6) is 0 Å². The first-order valence-corrected chi connectivity index (χ1v) is 5.29.